The van der Waals surface area contributed by atoms with E-state index in [2.05, 4.69) is 25.2 Å². The quantitative estimate of drug-likeness (QED) is 0.854. The van der Waals surface area contributed by atoms with E-state index in [1.165, 1.54) is 31.2 Å². The number of rotatable bonds is 6. The molecule has 118 valence electrons. The minimum absolute atomic E-state index is 0.378. The average Bonchev–Trinajstić information content (AvgIpc) is 2.46. The lowest BCUT2D eigenvalue weighted by molar-refractivity contribution is 0.166. The summed E-state index contributed by atoms with van der Waals surface area (Å²) in [4.78, 5) is 0. The van der Waals surface area contributed by atoms with Gasteiger partial charge in [-0.25, -0.2) is 0 Å². The van der Waals surface area contributed by atoms with Gasteiger partial charge in [0.05, 0.1) is 13.7 Å². The zero-order valence-corrected chi connectivity index (χ0v) is 13.9. The van der Waals surface area contributed by atoms with Crippen molar-refractivity contribution in [3.63, 3.8) is 0 Å². The molecule has 3 nitrogen and oxygen atoms in total. The van der Waals surface area contributed by atoms with Crippen molar-refractivity contribution in [3.05, 3.63) is 23.8 Å². The first-order chi connectivity index (χ1) is 10.1. The Balaban J connectivity index is 2.07. The molecule has 1 atom stereocenters. The van der Waals surface area contributed by atoms with Crippen LogP contribution in [0.4, 0.5) is 0 Å². The fourth-order valence-corrected chi connectivity index (χ4v) is 3.31. The van der Waals surface area contributed by atoms with Crippen molar-refractivity contribution in [1.82, 2.24) is 5.32 Å². The minimum atomic E-state index is 0.378. The number of benzene rings is 1. The van der Waals surface area contributed by atoms with E-state index in [9.17, 15) is 0 Å². The Labute approximate surface area is 129 Å². The van der Waals surface area contributed by atoms with Gasteiger partial charge in [0, 0.05) is 18.2 Å². The lowest BCUT2D eigenvalue weighted by atomic mass is 9.73. The van der Waals surface area contributed by atoms with E-state index in [4.69, 9.17) is 9.47 Å². The van der Waals surface area contributed by atoms with Crippen molar-refractivity contribution in [2.75, 3.05) is 13.7 Å². The van der Waals surface area contributed by atoms with Crippen LogP contribution in [0, 0.1) is 5.41 Å². The zero-order chi connectivity index (χ0) is 15.3. The Hall–Kier alpha value is -1.22. The summed E-state index contributed by atoms with van der Waals surface area (Å²) in [7, 11) is 1.71. The Morgan fingerprint density at radius 3 is 2.76 bits per heavy atom. The number of hydrogen-bond donors (Lipinski definition) is 1. The van der Waals surface area contributed by atoms with Crippen molar-refractivity contribution in [1.29, 1.82) is 0 Å². The highest BCUT2D eigenvalue weighted by atomic mass is 16.5. The van der Waals surface area contributed by atoms with E-state index in [1.807, 2.05) is 19.1 Å². The van der Waals surface area contributed by atoms with Crippen LogP contribution in [0.15, 0.2) is 18.2 Å². The highest BCUT2D eigenvalue weighted by molar-refractivity contribution is 5.46. The van der Waals surface area contributed by atoms with Crippen LogP contribution in [0.5, 0.6) is 11.5 Å². The summed E-state index contributed by atoms with van der Waals surface area (Å²) in [6.45, 7) is 8.23. The third-order valence-corrected chi connectivity index (χ3v) is 4.61. The maximum atomic E-state index is 5.65. The molecule has 0 aromatic heterocycles. The van der Waals surface area contributed by atoms with E-state index in [0.717, 1.165) is 18.0 Å². The molecule has 0 bridgehead atoms. The molecule has 0 spiro atoms. The first kappa shape index (κ1) is 16.2. The smallest absolute Gasteiger partial charge is 0.165 e. The van der Waals surface area contributed by atoms with Crippen molar-refractivity contribution >= 4 is 0 Å². The SMILES string of the molecule is CCOc1cccc(CNC2CCCCC2(C)C)c1OC. The average molecular weight is 291 g/mol. The summed E-state index contributed by atoms with van der Waals surface area (Å²) in [6.07, 6.45) is 5.26. The van der Waals surface area contributed by atoms with Crippen molar-refractivity contribution in [2.45, 2.75) is 59.0 Å². The second-order valence-corrected chi connectivity index (χ2v) is 6.55. The lowest BCUT2D eigenvalue weighted by Gasteiger charge is -2.39. The highest BCUT2D eigenvalue weighted by Crippen LogP contribution is 2.36. The molecule has 1 unspecified atom stereocenters. The van der Waals surface area contributed by atoms with Gasteiger partial charge in [-0.2, -0.15) is 0 Å². The Morgan fingerprint density at radius 2 is 2.10 bits per heavy atom. The molecule has 1 saturated carbocycles. The van der Waals surface area contributed by atoms with E-state index in [-0.39, 0.29) is 0 Å². The summed E-state index contributed by atoms with van der Waals surface area (Å²) < 4.78 is 11.2. The summed E-state index contributed by atoms with van der Waals surface area (Å²) in [5.41, 5.74) is 1.55. The van der Waals surface area contributed by atoms with Gasteiger partial charge in [-0.05, 0) is 31.2 Å². The molecule has 1 aliphatic rings. The van der Waals surface area contributed by atoms with E-state index in [1.54, 1.807) is 7.11 Å². The predicted molar refractivity (Wildman–Crippen MR) is 87.0 cm³/mol. The molecule has 0 aliphatic heterocycles. The van der Waals surface area contributed by atoms with Gasteiger partial charge < -0.3 is 14.8 Å². The van der Waals surface area contributed by atoms with Crippen LogP contribution in [0.3, 0.4) is 0 Å². The molecule has 0 amide bonds. The molecule has 0 saturated heterocycles. The standard InChI is InChI=1S/C18H29NO2/c1-5-21-15-10-8-9-14(17(15)20-4)13-19-16-11-6-7-12-18(16,2)3/h8-10,16,19H,5-7,11-13H2,1-4H3. The monoisotopic (exact) mass is 291 g/mol. The van der Waals surface area contributed by atoms with Crippen LogP contribution < -0.4 is 14.8 Å². The molecule has 1 fully saturated rings. The van der Waals surface area contributed by atoms with Crippen molar-refractivity contribution in [2.24, 2.45) is 5.41 Å². The van der Waals surface area contributed by atoms with Gasteiger partial charge in [0.2, 0.25) is 0 Å². The topological polar surface area (TPSA) is 30.5 Å². The molecular formula is C18H29NO2. The maximum absolute atomic E-state index is 5.65. The second-order valence-electron chi connectivity index (χ2n) is 6.55. The van der Waals surface area contributed by atoms with Gasteiger partial charge in [0.15, 0.2) is 11.5 Å². The van der Waals surface area contributed by atoms with E-state index in [0.29, 0.717) is 18.1 Å². The van der Waals surface area contributed by atoms with Gasteiger partial charge in [-0.15, -0.1) is 0 Å². The second kappa shape index (κ2) is 7.17. The molecule has 1 aliphatic carbocycles. The van der Waals surface area contributed by atoms with Crippen LogP contribution in [0.2, 0.25) is 0 Å². The van der Waals surface area contributed by atoms with Gasteiger partial charge in [0.25, 0.3) is 0 Å². The van der Waals surface area contributed by atoms with Crippen molar-refractivity contribution < 1.29 is 9.47 Å². The van der Waals surface area contributed by atoms with Crippen LogP contribution in [0.25, 0.3) is 0 Å². The third kappa shape index (κ3) is 3.91. The zero-order valence-electron chi connectivity index (χ0n) is 13.9. The van der Waals surface area contributed by atoms with Gasteiger partial charge in [-0.3, -0.25) is 0 Å². The van der Waals surface area contributed by atoms with Gasteiger partial charge >= 0.3 is 0 Å². The van der Waals surface area contributed by atoms with E-state index >= 15 is 0 Å². The van der Waals surface area contributed by atoms with Crippen LogP contribution in [0.1, 0.15) is 52.0 Å². The molecule has 3 heteroatoms. The fourth-order valence-electron chi connectivity index (χ4n) is 3.31. The molecule has 1 N–H and O–H groups in total. The van der Waals surface area contributed by atoms with Crippen molar-refractivity contribution in [3.8, 4) is 11.5 Å². The largest absolute Gasteiger partial charge is 0.493 e. The fraction of sp³-hybridized carbons (Fsp3) is 0.667. The first-order valence-corrected chi connectivity index (χ1v) is 8.10. The van der Waals surface area contributed by atoms with Crippen LogP contribution in [-0.4, -0.2) is 19.8 Å². The number of para-hydroxylation sites is 1. The van der Waals surface area contributed by atoms with Crippen LogP contribution in [-0.2, 0) is 6.54 Å². The van der Waals surface area contributed by atoms with Gasteiger partial charge in [-0.1, -0.05) is 38.8 Å². The normalized spacial score (nSPS) is 21.0. The summed E-state index contributed by atoms with van der Waals surface area (Å²) >= 11 is 0. The summed E-state index contributed by atoms with van der Waals surface area (Å²) in [6, 6.07) is 6.70. The molecule has 0 radical (unpaired) electrons. The molecule has 1 aromatic rings. The first-order valence-electron chi connectivity index (χ1n) is 8.10. The molecule has 21 heavy (non-hydrogen) atoms. The summed E-state index contributed by atoms with van der Waals surface area (Å²) in [5.74, 6) is 1.70. The summed E-state index contributed by atoms with van der Waals surface area (Å²) in [5, 5.41) is 3.74. The third-order valence-electron chi connectivity index (χ3n) is 4.61. The molecule has 2 rings (SSSR count). The number of hydrogen-bond acceptors (Lipinski definition) is 3. The van der Waals surface area contributed by atoms with E-state index < -0.39 is 0 Å². The number of methoxy groups -OCH3 is 1. The Morgan fingerprint density at radius 1 is 1.29 bits per heavy atom. The molecular weight excluding hydrogens is 262 g/mol. The predicted octanol–water partition coefficient (Wildman–Crippen LogP) is 4.15. The highest BCUT2D eigenvalue weighted by Gasteiger charge is 2.31. The Bertz CT molecular complexity index is 457. The molecule has 1 aromatic carbocycles. The lowest BCUT2D eigenvalue weighted by Crippen LogP contribution is -2.43. The number of nitrogens with one attached hydrogen (secondary N) is 1. The van der Waals surface area contributed by atoms with Crippen LogP contribution >= 0.6 is 0 Å². The van der Waals surface area contributed by atoms with Gasteiger partial charge in [0.1, 0.15) is 0 Å². The minimum Gasteiger partial charge on any atom is -0.493 e. The number of ether oxygens (including phenoxy) is 2. The molecule has 0 heterocycles. The maximum Gasteiger partial charge on any atom is 0.165 e. The Kier molecular flexibility index (Phi) is 5.51.